The van der Waals surface area contributed by atoms with Gasteiger partial charge in [0.15, 0.2) is 0 Å². The number of fused-ring (bicyclic) bond motifs is 3. The summed E-state index contributed by atoms with van der Waals surface area (Å²) in [6.45, 7) is 6.88. The maximum atomic E-state index is 11.6. The Bertz CT molecular complexity index is 923. The number of hydrogen-bond acceptors (Lipinski definition) is 4. The summed E-state index contributed by atoms with van der Waals surface area (Å²) in [5, 5.41) is 27.2. The minimum atomic E-state index is -1.22. The summed E-state index contributed by atoms with van der Waals surface area (Å²) in [4.78, 5) is 22.1. The van der Waals surface area contributed by atoms with Crippen molar-refractivity contribution < 1.29 is 14.8 Å². The van der Waals surface area contributed by atoms with E-state index in [0.717, 1.165) is 5.56 Å². The van der Waals surface area contributed by atoms with E-state index in [9.17, 15) is 14.9 Å². The van der Waals surface area contributed by atoms with Gasteiger partial charge in [-0.1, -0.05) is 26.8 Å². The van der Waals surface area contributed by atoms with Crippen LogP contribution in [-0.4, -0.2) is 28.5 Å². The topological polar surface area (TPSA) is 105 Å². The molecule has 0 saturated heterocycles. The average molecular weight is 378 g/mol. The summed E-state index contributed by atoms with van der Waals surface area (Å²) in [7, 11) is 0. The number of amides is 1. The number of benzene rings is 2. The zero-order valence-corrected chi connectivity index (χ0v) is 15.5. The average Bonchev–Trinajstić information content (AvgIpc) is 2.93. The number of alkyl halides is 1. The summed E-state index contributed by atoms with van der Waals surface area (Å²) in [6.07, 6.45) is -1.22. The molecule has 7 nitrogen and oxygen atoms in total. The van der Waals surface area contributed by atoms with Gasteiger partial charge in [0.25, 0.3) is 5.69 Å². The van der Waals surface area contributed by atoms with Crippen LogP contribution in [0.1, 0.15) is 26.3 Å². The smallest absolute Gasteiger partial charge is 0.409 e. The van der Waals surface area contributed by atoms with Gasteiger partial charge in [0, 0.05) is 35.3 Å². The number of nitrogens with one attached hydrogen (secondary N) is 2. The quantitative estimate of drug-likeness (QED) is 0.405. The molecule has 3 N–H and O–H groups in total. The number of rotatable bonds is 3. The molecule has 0 spiro atoms. The van der Waals surface area contributed by atoms with Crippen LogP contribution >= 0.6 is 11.6 Å². The highest BCUT2D eigenvalue weighted by Crippen LogP contribution is 2.53. The SMILES string of the molecule is CC(C)(C)C1(CCl)CNc2cc([N+](=O)[O-])c3cc(NC(=O)O)ccc3c21. The third kappa shape index (κ3) is 2.63. The molecule has 1 unspecified atom stereocenters. The van der Waals surface area contributed by atoms with E-state index in [1.807, 2.05) is 0 Å². The summed E-state index contributed by atoms with van der Waals surface area (Å²) in [5.41, 5.74) is 1.28. The standard InChI is InChI=1S/C18H20ClN3O4/c1-17(2,3)18(8-19)9-20-13-7-14(22(25)26)12-6-10(21-16(23)24)4-5-11(12)15(13)18/h4-7,20-21H,8-9H2,1-3H3,(H,23,24). The van der Waals surface area contributed by atoms with Crippen LogP contribution in [-0.2, 0) is 5.41 Å². The van der Waals surface area contributed by atoms with E-state index in [-0.39, 0.29) is 16.8 Å². The molecule has 1 aliphatic rings. The Labute approximate surface area is 155 Å². The maximum absolute atomic E-state index is 11.6. The van der Waals surface area contributed by atoms with Crippen molar-refractivity contribution in [2.24, 2.45) is 5.41 Å². The van der Waals surface area contributed by atoms with E-state index in [4.69, 9.17) is 16.7 Å². The third-order valence-electron chi connectivity index (χ3n) is 5.29. The van der Waals surface area contributed by atoms with Crippen LogP contribution in [0.3, 0.4) is 0 Å². The van der Waals surface area contributed by atoms with Crippen LogP contribution in [0, 0.1) is 15.5 Å². The summed E-state index contributed by atoms with van der Waals surface area (Å²) < 4.78 is 0. The third-order valence-corrected chi connectivity index (χ3v) is 5.74. The molecule has 1 atom stereocenters. The maximum Gasteiger partial charge on any atom is 0.409 e. The van der Waals surface area contributed by atoms with Crippen molar-refractivity contribution in [2.45, 2.75) is 26.2 Å². The van der Waals surface area contributed by atoms with Crippen molar-refractivity contribution in [3.8, 4) is 0 Å². The van der Waals surface area contributed by atoms with Crippen LogP contribution in [0.2, 0.25) is 0 Å². The molecule has 0 radical (unpaired) electrons. The largest absolute Gasteiger partial charge is 0.465 e. The van der Waals surface area contributed by atoms with Gasteiger partial charge >= 0.3 is 6.09 Å². The number of hydrogen-bond donors (Lipinski definition) is 3. The summed E-state index contributed by atoms with van der Waals surface area (Å²) in [5.74, 6) is 0.360. The fraction of sp³-hybridized carbons (Fsp3) is 0.389. The van der Waals surface area contributed by atoms with E-state index in [2.05, 4.69) is 31.4 Å². The lowest BCUT2D eigenvalue weighted by atomic mass is 9.64. The van der Waals surface area contributed by atoms with Gasteiger partial charge in [-0.25, -0.2) is 4.79 Å². The lowest BCUT2D eigenvalue weighted by Crippen LogP contribution is -2.43. The lowest BCUT2D eigenvalue weighted by molar-refractivity contribution is -0.383. The van der Waals surface area contributed by atoms with Crippen LogP contribution in [0.4, 0.5) is 21.9 Å². The molecule has 1 heterocycles. The van der Waals surface area contributed by atoms with Gasteiger partial charge in [0.2, 0.25) is 0 Å². The first-order valence-corrected chi connectivity index (χ1v) is 8.69. The number of halogens is 1. The van der Waals surface area contributed by atoms with Gasteiger partial charge in [-0.15, -0.1) is 11.6 Å². The molecule has 0 fully saturated rings. The Morgan fingerprint density at radius 1 is 1.38 bits per heavy atom. The molecule has 2 aromatic rings. The van der Waals surface area contributed by atoms with E-state index in [1.54, 1.807) is 12.1 Å². The van der Waals surface area contributed by atoms with Crippen molar-refractivity contribution in [1.29, 1.82) is 0 Å². The van der Waals surface area contributed by atoms with E-state index >= 15 is 0 Å². The molecule has 2 aromatic carbocycles. The fourth-order valence-electron chi connectivity index (χ4n) is 3.70. The first-order valence-electron chi connectivity index (χ1n) is 8.16. The second-order valence-electron chi connectivity index (χ2n) is 7.59. The normalized spacial score (nSPS) is 19.1. The highest BCUT2D eigenvalue weighted by molar-refractivity contribution is 6.19. The molecule has 1 amide bonds. The summed E-state index contributed by atoms with van der Waals surface area (Å²) >= 11 is 6.42. The number of anilines is 2. The van der Waals surface area contributed by atoms with E-state index in [0.29, 0.717) is 28.9 Å². The van der Waals surface area contributed by atoms with E-state index in [1.165, 1.54) is 12.1 Å². The number of carbonyl (C=O) groups is 1. The molecule has 0 aliphatic carbocycles. The number of nitrogens with zero attached hydrogens (tertiary/aromatic N) is 1. The molecule has 0 aromatic heterocycles. The van der Waals surface area contributed by atoms with Gasteiger partial charge in [0.1, 0.15) is 0 Å². The van der Waals surface area contributed by atoms with Gasteiger partial charge in [-0.2, -0.15) is 0 Å². The van der Waals surface area contributed by atoms with Crippen molar-refractivity contribution in [1.82, 2.24) is 0 Å². The highest BCUT2D eigenvalue weighted by atomic mass is 35.5. The van der Waals surface area contributed by atoms with Crippen molar-refractivity contribution in [3.05, 3.63) is 39.9 Å². The Morgan fingerprint density at radius 2 is 2.08 bits per heavy atom. The molecule has 26 heavy (non-hydrogen) atoms. The van der Waals surface area contributed by atoms with Gasteiger partial charge < -0.3 is 10.4 Å². The fourth-order valence-corrected chi connectivity index (χ4v) is 4.33. The molecular formula is C18H20ClN3O4. The second kappa shape index (κ2) is 6.02. The molecule has 0 bridgehead atoms. The minimum Gasteiger partial charge on any atom is -0.465 e. The van der Waals surface area contributed by atoms with Gasteiger partial charge in [-0.3, -0.25) is 15.4 Å². The second-order valence-corrected chi connectivity index (χ2v) is 7.85. The molecule has 1 aliphatic heterocycles. The predicted molar refractivity (Wildman–Crippen MR) is 103 cm³/mol. The number of non-ortho nitro benzene ring substituents is 1. The molecule has 138 valence electrons. The van der Waals surface area contributed by atoms with Crippen LogP contribution < -0.4 is 10.6 Å². The zero-order valence-electron chi connectivity index (χ0n) is 14.7. The van der Waals surface area contributed by atoms with Gasteiger partial charge in [-0.05, 0) is 28.5 Å². The number of nitro groups is 1. The first-order chi connectivity index (χ1) is 12.1. The Balaban J connectivity index is 2.37. The number of nitro benzene ring substituents is 1. The molecule has 8 heteroatoms. The van der Waals surface area contributed by atoms with Crippen molar-refractivity contribution >= 4 is 45.5 Å². The Hall–Kier alpha value is -2.54. The Morgan fingerprint density at radius 3 is 2.62 bits per heavy atom. The summed E-state index contributed by atoms with van der Waals surface area (Å²) in [6, 6.07) is 6.36. The highest BCUT2D eigenvalue weighted by Gasteiger charge is 2.49. The van der Waals surface area contributed by atoms with Crippen LogP contribution in [0.5, 0.6) is 0 Å². The first kappa shape index (κ1) is 18.3. The predicted octanol–water partition coefficient (Wildman–Crippen LogP) is 4.79. The van der Waals surface area contributed by atoms with Gasteiger partial charge in [0.05, 0.1) is 10.3 Å². The zero-order chi connectivity index (χ0) is 19.3. The number of carboxylic acid groups (broad SMARTS) is 1. The molecule has 0 saturated carbocycles. The molecular weight excluding hydrogens is 358 g/mol. The lowest BCUT2D eigenvalue weighted by Gasteiger charge is -2.41. The van der Waals surface area contributed by atoms with Crippen molar-refractivity contribution in [2.75, 3.05) is 23.1 Å². The Kier molecular flexibility index (Phi) is 4.23. The molecule has 3 rings (SSSR count). The van der Waals surface area contributed by atoms with Crippen molar-refractivity contribution in [3.63, 3.8) is 0 Å². The minimum absolute atomic E-state index is 0.0698. The van der Waals surface area contributed by atoms with Crippen LogP contribution in [0.25, 0.3) is 10.8 Å². The monoisotopic (exact) mass is 377 g/mol. The van der Waals surface area contributed by atoms with E-state index < -0.39 is 16.4 Å². The van der Waals surface area contributed by atoms with Crippen LogP contribution in [0.15, 0.2) is 24.3 Å².